The molecule has 1 unspecified atom stereocenters. The predicted octanol–water partition coefficient (Wildman–Crippen LogP) is 1.30. The molecule has 0 spiro atoms. The van der Waals surface area contributed by atoms with E-state index in [4.69, 9.17) is 5.73 Å². The molecule has 0 aromatic rings. The standard InChI is InChI=1S/C10H19NO2/c1-4-6-10(2,3)9(13)8(11)5-7-12/h7-8H,4-6,11H2,1-3H3. The van der Waals surface area contributed by atoms with Gasteiger partial charge in [0.05, 0.1) is 6.04 Å². The molecule has 0 heterocycles. The van der Waals surface area contributed by atoms with Gasteiger partial charge < -0.3 is 10.5 Å². The topological polar surface area (TPSA) is 60.2 Å². The highest BCUT2D eigenvalue weighted by Gasteiger charge is 2.30. The first-order chi connectivity index (χ1) is 5.95. The summed E-state index contributed by atoms with van der Waals surface area (Å²) in [5, 5.41) is 0. The number of ketones is 1. The SMILES string of the molecule is CCCC(C)(C)C(=O)C(N)CC=O. The van der Waals surface area contributed by atoms with Crippen molar-refractivity contribution in [3.8, 4) is 0 Å². The predicted molar refractivity (Wildman–Crippen MR) is 52.4 cm³/mol. The summed E-state index contributed by atoms with van der Waals surface area (Å²) in [6.45, 7) is 5.78. The van der Waals surface area contributed by atoms with Crippen LogP contribution < -0.4 is 5.73 Å². The summed E-state index contributed by atoms with van der Waals surface area (Å²) in [6.07, 6.45) is 2.60. The molecule has 0 aromatic heterocycles. The van der Waals surface area contributed by atoms with E-state index in [-0.39, 0.29) is 12.2 Å². The zero-order valence-corrected chi connectivity index (χ0v) is 8.67. The third-order valence-corrected chi connectivity index (χ3v) is 2.23. The third-order valence-electron chi connectivity index (χ3n) is 2.23. The second-order valence-corrected chi connectivity index (χ2v) is 4.01. The van der Waals surface area contributed by atoms with Crippen molar-refractivity contribution < 1.29 is 9.59 Å². The Bertz CT molecular complexity index is 187. The molecule has 2 N–H and O–H groups in total. The summed E-state index contributed by atoms with van der Waals surface area (Å²) >= 11 is 0. The van der Waals surface area contributed by atoms with Crippen LogP contribution in [0.25, 0.3) is 0 Å². The van der Waals surface area contributed by atoms with Gasteiger partial charge >= 0.3 is 0 Å². The van der Waals surface area contributed by atoms with Crippen molar-refractivity contribution >= 4 is 12.1 Å². The van der Waals surface area contributed by atoms with Crippen LogP contribution in [-0.2, 0) is 9.59 Å². The van der Waals surface area contributed by atoms with Gasteiger partial charge in [0.2, 0.25) is 0 Å². The number of hydrogen-bond acceptors (Lipinski definition) is 3. The van der Waals surface area contributed by atoms with Crippen LogP contribution in [0.2, 0.25) is 0 Å². The van der Waals surface area contributed by atoms with Crippen LogP contribution >= 0.6 is 0 Å². The molecule has 13 heavy (non-hydrogen) atoms. The fourth-order valence-corrected chi connectivity index (χ4v) is 1.46. The number of hydrogen-bond donors (Lipinski definition) is 1. The first-order valence-electron chi connectivity index (χ1n) is 4.69. The van der Waals surface area contributed by atoms with E-state index >= 15 is 0 Å². The fraction of sp³-hybridized carbons (Fsp3) is 0.800. The Kier molecular flexibility index (Phi) is 4.85. The summed E-state index contributed by atoms with van der Waals surface area (Å²) in [4.78, 5) is 21.8. The van der Waals surface area contributed by atoms with Crippen molar-refractivity contribution in [2.75, 3.05) is 0 Å². The highest BCUT2D eigenvalue weighted by atomic mass is 16.1. The second-order valence-electron chi connectivity index (χ2n) is 4.01. The van der Waals surface area contributed by atoms with E-state index in [2.05, 4.69) is 0 Å². The minimum atomic E-state index is -0.626. The van der Waals surface area contributed by atoms with Crippen LogP contribution in [0, 0.1) is 5.41 Å². The Morgan fingerprint density at radius 1 is 1.54 bits per heavy atom. The summed E-state index contributed by atoms with van der Waals surface area (Å²) in [5.41, 5.74) is 5.17. The van der Waals surface area contributed by atoms with Crippen LogP contribution in [0.5, 0.6) is 0 Å². The van der Waals surface area contributed by atoms with Crippen molar-refractivity contribution in [3.63, 3.8) is 0 Å². The zero-order chi connectivity index (χ0) is 10.5. The lowest BCUT2D eigenvalue weighted by Crippen LogP contribution is -2.40. The Morgan fingerprint density at radius 2 is 2.08 bits per heavy atom. The minimum Gasteiger partial charge on any atom is -0.321 e. The Balaban J connectivity index is 4.29. The molecule has 0 saturated carbocycles. The van der Waals surface area contributed by atoms with Crippen LogP contribution in [0.15, 0.2) is 0 Å². The average Bonchev–Trinajstić information content (AvgIpc) is 2.03. The van der Waals surface area contributed by atoms with Crippen molar-refractivity contribution in [1.82, 2.24) is 0 Å². The molecular formula is C10H19NO2. The third kappa shape index (κ3) is 3.68. The van der Waals surface area contributed by atoms with Gasteiger partial charge in [-0.1, -0.05) is 27.2 Å². The summed E-state index contributed by atoms with van der Waals surface area (Å²) in [6, 6.07) is -0.626. The van der Waals surface area contributed by atoms with E-state index in [1.165, 1.54) is 0 Å². The van der Waals surface area contributed by atoms with Crippen molar-refractivity contribution in [3.05, 3.63) is 0 Å². The van der Waals surface area contributed by atoms with Gasteiger partial charge in [-0.25, -0.2) is 0 Å². The smallest absolute Gasteiger partial charge is 0.155 e. The van der Waals surface area contributed by atoms with Gasteiger partial charge in [-0.3, -0.25) is 4.79 Å². The minimum absolute atomic E-state index is 0.0125. The monoisotopic (exact) mass is 185 g/mol. The van der Waals surface area contributed by atoms with E-state index < -0.39 is 11.5 Å². The molecule has 0 aliphatic carbocycles. The highest BCUT2D eigenvalue weighted by molar-refractivity contribution is 5.90. The highest BCUT2D eigenvalue weighted by Crippen LogP contribution is 2.24. The molecule has 0 aliphatic heterocycles. The molecule has 0 saturated heterocycles. The quantitative estimate of drug-likeness (QED) is 0.634. The Labute approximate surface area is 79.7 Å². The fourth-order valence-electron chi connectivity index (χ4n) is 1.46. The number of carbonyl (C=O) groups is 2. The number of aldehydes is 1. The summed E-state index contributed by atoms with van der Waals surface area (Å²) < 4.78 is 0. The van der Waals surface area contributed by atoms with E-state index in [1.54, 1.807) is 0 Å². The molecule has 76 valence electrons. The van der Waals surface area contributed by atoms with Gasteiger partial charge in [-0.2, -0.15) is 0 Å². The normalized spacial score (nSPS) is 13.8. The Morgan fingerprint density at radius 3 is 2.46 bits per heavy atom. The summed E-state index contributed by atoms with van der Waals surface area (Å²) in [5.74, 6) is -0.0125. The van der Waals surface area contributed by atoms with Gasteiger partial charge in [0.1, 0.15) is 6.29 Å². The van der Waals surface area contributed by atoms with E-state index in [9.17, 15) is 9.59 Å². The lowest BCUT2D eigenvalue weighted by Gasteiger charge is -2.25. The van der Waals surface area contributed by atoms with Crippen LogP contribution in [-0.4, -0.2) is 18.1 Å². The molecule has 0 fully saturated rings. The van der Waals surface area contributed by atoms with Crippen molar-refractivity contribution in [2.45, 2.75) is 46.1 Å². The molecule has 0 bridgehead atoms. The molecule has 0 amide bonds. The van der Waals surface area contributed by atoms with E-state index in [1.807, 2.05) is 20.8 Å². The van der Waals surface area contributed by atoms with Crippen LogP contribution in [0.1, 0.15) is 40.0 Å². The summed E-state index contributed by atoms with van der Waals surface area (Å²) in [7, 11) is 0. The molecule has 0 aliphatic rings. The largest absolute Gasteiger partial charge is 0.321 e. The molecular weight excluding hydrogens is 166 g/mol. The van der Waals surface area contributed by atoms with E-state index in [0.29, 0.717) is 6.29 Å². The second kappa shape index (κ2) is 5.12. The lowest BCUT2D eigenvalue weighted by atomic mass is 9.80. The molecule has 0 aromatic carbocycles. The zero-order valence-electron chi connectivity index (χ0n) is 8.67. The van der Waals surface area contributed by atoms with Crippen LogP contribution in [0.4, 0.5) is 0 Å². The molecule has 3 heteroatoms. The van der Waals surface area contributed by atoms with E-state index in [0.717, 1.165) is 12.8 Å². The number of nitrogens with two attached hydrogens (primary N) is 1. The maximum absolute atomic E-state index is 11.7. The first-order valence-corrected chi connectivity index (χ1v) is 4.69. The van der Waals surface area contributed by atoms with Crippen molar-refractivity contribution in [2.24, 2.45) is 11.1 Å². The molecule has 0 rings (SSSR count). The lowest BCUT2D eigenvalue weighted by molar-refractivity contribution is -0.129. The van der Waals surface area contributed by atoms with Crippen molar-refractivity contribution in [1.29, 1.82) is 0 Å². The first kappa shape index (κ1) is 12.3. The van der Waals surface area contributed by atoms with Gasteiger partial charge in [0.15, 0.2) is 5.78 Å². The number of carbonyl (C=O) groups excluding carboxylic acids is 2. The maximum Gasteiger partial charge on any atom is 0.155 e. The number of rotatable bonds is 6. The average molecular weight is 185 g/mol. The van der Waals surface area contributed by atoms with Gasteiger partial charge in [-0.05, 0) is 6.42 Å². The maximum atomic E-state index is 11.7. The molecule has 1 atom stereocenters. The molecule has 3 nitrogen and oxygen atoms in total. The Hall–Kier alpha value is -0.700. The van der Waals surface area contributed by atoms with Gasteiger partial charge in [-0.15, -0.1) is 0 Å². The van der Waals surface area contributed by atoms with Gasteiger partial charge in [0, 0.05) is 11.8 Å². The van der Waals surface area contributed by atoms with Gasteiger partial charge in [0.25, 0.3) is 0 Å². The molecule has 0 radical (unpaired) electrons. The van der Waals surface area contributed by atoms with Crippen LogP contribution in [0.3, 0.4) is 0 Å². The number of Topliss-reactive ketones (excluding diaryl/α,β-unsaturated/α-hetero) is 1.